The van der Waals surface area contributed by atoms with Crippen molar-refractivity contribution in [3.63, 3.8) is 0 Å². The Morgan fingerprint density at radius 3 is 2.39 bits per heavy atom. The second kappa shape index (κ2) is 6.74. The van der Waals surface area contributed by atoms with Gasteiger partial charge in [-0.15, -0.1) is 0 Å². The van der Waals surface area contributed by atoms with Crippen LogP contribution < -0.4 is 14.2 Å². The first-order valence-electron chi connectivity index (χ1n) is 5.92. The number of allylic oxidation sites excluding steroid dienone is 1. The molecule has 0 fully saturated rings. The van der Waals surface area contributed by atoms with Crippen LogP contribution in [0.25, 0.3) is 6.08 Å². The van der Waals surface area contributed by atoms with Gasteiger partial charge in [0, 0.05) is 0 Å². The van der Waals surface area contributed by atoms with E-state index in [-0.39, 0.29) is 6.10 Å². The van der Waals surface area contributed by atoms with Crippen LogP contribution in [0.2, 0.25) is 0 Å². The summed E-state index contributed by atoms with van der Waals surface area (Å²) in [4.78, 5) is 0. The Balaban J connectivity index is 3.37. The van der Waals surface area contributed by atoms with E-state index in [1.54, 1.807) is 7.11 Å². The monoisotopic (exact) mass is 248 g/mol. The Kier molecular flexibility index (Phi) is 5.31. The van der Waals surface area contributed by atoms with Crippen LogP contribution >= 0.6 is 0 Å². The van der Waals surface area contributed by atoms with E-state index < -0.39 is 0 Å². The van der Waals surface area contributed by atoms with E-state index >= 15 is 0 Å². The lowest BCUT2D eigenvalue weighted by Crippen LogP contribution is -2.08. The molecular weight excluding hydrogens is 228 g/mol. The van der Waals surface area contributed by atoms with Crippen LogP contribution in [0.15, 0.2) is 31.0 Å². The van der Waals surface area contributed by atoms with Crippen LogP contribution in [0.3, 0.4) is 0 Å². The summed E-state index contributed by atoms with van der Waals surface area (Å²) in [6.45, 7) is 9.46. The summed E-state index contributed by atoms with van der Waals surface area (Å²) < 4.78 is 16.5. The Labute approximate surface area is 109 Å². The largest absolute Gasteiger partial charge is 0.493 e. The van der Waals surface area contributed by atoms with Gasteiger partial charge in [0.15, 0.2) is 11.5 Å². The quantitative estimate of drug-likeness (QED) is 0.711. The summed E-state index contributed by atoms with van der Waals surface area (Å²) in [5.41, 5.74) is 0.852. The Morgan fingerprint density at radius 1 is 1.22 bits per heavy atom. The molecule has 0 unspecified atom stereocenters. The van der Waals surface area contributed by atoms with Crippen molar-refractivity contribution in [1.29, 1.82) is 0 Å². The third-order valence-corrected chi connectivity index (χ3v) is 2.24. The smallest absolute Gasteiger partial charge is 0.172 e. The van der Waals surface area contributed by atoms with Crippen molar-refractivity contribution in [2.75, 3.05) is 7.11 Å². The minimum atomic E-state index is 0.0573. The van der Waals surface area contributed by atoms with E-state index in [4.69, 9.17) is 14.2 Å². The highest BCUT2D eigenvalue weighted by Gasteiger charge is 2.15. The Hall–Kier alpha value is -1.90. The number of rotatable bonds is 6. The molecule has 3 heteroatoms. The molecule has 0 aliphatic heterocycles. The van der Waals surface area contributed by atoms with Crippen LogP contribution in [-0.4, -0.2) is 13.2 Å². The van der Waals surface area contributed by atoms with Crippen LogP contribution in [0.5, 0.6) is 17.2 Å². The third-order valence-electron chi connectivity index (χ3n) is 2.24. The SMILES string of the molecule is C=COc1ccc(OC)c(OC(C)C)c1/C=C/C. The highest BCUT2D eigenvalue weighted by atomic mass is 16.5. The highest BCUT2D eigenvalue weighted by Crippen LogP contribution is 2.39. The van der Waals surface area contributed by atoms with Gasteiger partial charge in [0.2, 0.25) is 0 Å². The molecule has 0 N–H and O–H groups in total. The Morgan fingerprint density at radius 2 is 1.89 bits per heavy atom. The van der Waals surface area contributed by atoms with E-state index in [1.165, 1.54) is 6.26 Å². The fourth-order valence-corrected chi connectivity index (χ4v) is 1.60. The summed E-state index contributed by atoms with van der Waals surface area (Å²) in [6.07, 6.45) is 5.31. The lowest BCUT2D eigenvalue weighted by Gasteiger charge is -2.18. The van der Waals surface area contributed by atoms with Crippen LogP contribution in [0.4, 0.5) is 0 Å². The van der Waals surface area contributed by atoms with Gasteiger partial charge >= 0.3 is 0 Å². The van der Waals surface area contributed by atoms with E-state index in [9.17, 15) is 0 Å². The fraction of sp³-hybridized carbons (Fsp3) is 0.333. The molecule has 0 bridgehead atoms. The summed E-state index contributed by atoms with van der Waals surface area (Å²) >= 11 is 0. The van der Waals surface area contributed by atoms with Gasteiger partial charge in [0.1, 0.15) is 5.75 Å². The highest BCUT2D eigenvalue weighted by molar-refractivity contribution is 5.68. The van der Waals surface area contributed by atoms with Crippen molar-refractivity contribution in [1.82, 2.24) is 0 Å². The molecule has 0 saturated heterocycles. The third kappa shape index (κ3) is 3.29. The molecule has 0 spiro atoms. The first-order chi connectivity index (χ1) is 8.63. The number of hydrogen-bond acceptors (Lipinski definition) is 3. The first kappa shape index (κ1) is 14.2. The van der Waals surface area contributed by atoms with Crippen LogP contribution in [0.1, 0.15) is 26.3 Å². The molecule has 3 nitrogen and oxygen atoms in total. The normalized spacial score (nSPS) is 10.7. The zero-order chi connectivity index (χ0) is 13.5. The summed E-state index contributed by atoms with van der Waals surface area (Å²) in [5.74, 6) is 2.07. The number of hydrogen-bond donors (Lipinski definition) is 0. The molecule has 1 aromatic rings. The molecule has 98 valence electrons. The molecule has 0 amide bonds. The van der Waals surface area contributed by atoms with E-state index in [0.717, 1.165) is 5.56 Å². The van der Waals surface area contributed by atoms with Gasteiger partial charge in [0.05, 0.1) is 25.0 Å². The molecule has 0 aromatic heterocycles. The standard InChI is InChI=1S/C15H20O3/c1-6-8-12-13(17-7-2)9-10-14(16-5)15(12)18-11(3)4/h6-11H,2H2,1,3-5H3/b8-6+. The molecule has 0 aliphatic rings. The number of benzene rings is 1. The number of ether oxygens (including phenoxy) is 3. The minimum Gasteiger partial charge on any atom is -0.493 e. The molecule has 1 aromatic carbocycles. The topological polar surface area (TPSA) is 27.7 Å². The maximum Gasteiger partial charge on any atom is 0.172 e. The summed E-state index contributed by atoms with van der Waals surface area (Å²) in [5, 5.41) is 0. The zero-order valence-corrected chi connectivity index (χ0v) is 11.4. The molecule has 18 heavy (non-hydrogen) atoms. The second-order valence-electron chi connectivity index (χ2n) is 3.96. The molecule has 0 heterocycles. The second-order valence-corrected chi connectivity index (χ2v) is 3.96. The maximum atomic E-state index is 5.82. The lowest BCUT2D eigenvalue weighted by atomic mass is 10.1. The van der Waals surface area contributed by atoms with Gasteiger partial charge < -0.3 is 14.2 Å². The average molecular weight is 248 g/mol. The zero-order valence-electron chi connectivity index (χ0n) is 11.4. The lowest BCUT2D eigenvalue weighted by molar-refractivity contribution is 0.228. The molecule has 1 rings (SSSR count). The molecule has 0 saturated carbocycles. The predicted octanol–water partition coefficient (Wildman–Crippen LogP) is 4.04. The van der Waals surface area contributed by atoms with Crippen LogP contribution in [-0.2, 0) is 0 Å². The van der Waals surface area contributed by atoms with Gasteiger partial charge in [-0.05, 0) is 32.9 Å². The molecule has 0 aliphatic carbocycles. The molecule has 0 radical (unpaired) electrons. The van der Waals surface area contributed by atoms with Crippen molar-refractivity contribution in [2.45, 2.75) is 26.9 Å². The van der Waals surface area contributed by atoms with Crippen molar-refractivity contribution < 1.29 is 14.2 Å². The fourth-order valence-electron chi connectivity index (χ4n) is 1.60. The van der Waals surface area contributed by atoms with Gasteiger partial charge in [0.25, 0.3) is 0 Å². The van der Waals surface area contributed by atoms with Gasteiger partial charge in [-0.25, -0.2) is 0 Å². The van der Waals surface area contributed by atoms with E-state index in [1.807, 2.05) is 45.1 Å². The van der Waals surface area contributed by atoms with Gasteiger partial charge in [-0.1, -0.05) is 18.7 Å². The summed E-state index contributed by atoms with van der Waals surface area (Å²) in [7, 11) is 1.62. The van der Waals surface area contributed by atoms with Gasteiger partial charge in [-0.3, -0.25) is 0 Å². The number of methoxy groups -OCH3 is 1. The van der Waals surface area contributed by atoms with Crippen molar-refractivity contribution in [3.05, 3.63) is 36.6 Å². The minimum absolute atomic E-state index is 0.0573. The van der Waals surface area contributed by atoms with E-state index in [0.29, 0.717) is 17.2 Å². The summed E-state index contributed by atoms with van der Waals surface area (Å²) in [6, 6.07) is 3.66. The van der Waals surface area contributed by atoms with Crippen molar-refractivity contribution in [3.8, 4) is 17.2 Å². The van der Waals surface area contributed by atoms with E-state index in [2.05, 4.69) is 6.58 Å². The predicted molar refractivity (Wildman–Crippen MR) is 74.3 cm³/mol. The van der Waals surface area contributed by atoms with Gasteiger partial charge in [-0.2, -0.15) is 0 Å². The van der Waals surface area contributed by atoms with Crippen LogP contribution in [0, 0.1) is 0 Å². The molecular formula is C15H20O3. The molecule has 0 atom stereocenters. The maximum absolute atomic E-state index is 5.82. The average Bonchev–Trinajstić information content (AvgIpc) is 2.33. The van der Waals surface area contributed by atoms with Crippen molar-refractivity contribution >= 4 is 6.08 Å². The van der Waals surface area contributed by atoms with Crippen molar-refractivity contribution in [2.24, 2.45) is 0 Å². The first-order valence-corrected chi connectivity index (χ1v) is 5.92. The Bertz CT molecular complexity index is 434.